The van der Waals surface area contributed by atoms with Gasteiger partial charge in [-0.1, -0.05) is 35.0 Å². The van der Waals surface area contributed by atoms with Crippen molar-refractivity contribution in [2.24, 2.45) is 5.92 Å². The van der Waals surface area contributed by atoms with Crippen LogP contribution in [0.1, 0.15) is 24.2 Å². The number of allylic oxidation sites excluding steroid dienone is 2. The second-order valence-electron chi connectivity index (χ2n) is 5.16. The minimum atomic E-state index is -0.510. The fourth-order valence-electron chi connectivity index (χ4n) is 2.54. The SMILES string of the molecule is O=c1onc(Cc2c(F)cccc2Cl)n1CC1CC=CC1. The first-order valence-electron chi connectivity index (χ1n) is 6.78. The second-order valence-corrected chi connectivity index (χ2v) is 5.57. The lowest BCUT2D eigenvalue weighted by molar-refractivity contribution is 0.363. The van der Waals surface area contributed by atoms with Gasteiger partial charge in [0.15, 0.2) is 5.82 Å². The van der Waals surface area contributed by atoms with Crippen molar-refractivity contribution in [3.05, 3.63) is 63.1 Å². The molecule has 21 heavy (non-hydrogen) atoms. The quantitative estimate of drug-likeness (QED) is 0.815. The molecule has 0 amide bonds. The van der Waals surface area contributed by atoms with E-state index in [0.29, 0.717) is 28.9 Å². The third-order valence-electron chi connectivity index (χ3n) is 3.70. The van der Waals surface area contributed by atoms with Gasteiger partial charge in [0.1, 0.15) is 5.82 Å². The van der Waals surface area contributed by atoms with E-state index in [1.54, 1.807) is 12.1 Å². The van der Waals surface area contributed by atoms with Crippen LogP contribution in [-0.2, 0) is 13.0 Å². The van der Waals surface area contributed by atoms with Crippen molar-refractivity contribution in [1.82, 2.24) is 9.72 Å². The van der Waals surface area contributed by atoms with Gasteiger partial charge in [0, 0.05) is 23.6 Å². The molecular weight excluding hydrogens is 295 g/mol. The Morgan fingerprint density at radius 3 is 2.86 bits per heavy atom. The Hall–Kier alpha value is -1.88. The zero-order valence-corrected chi connectivity index (χ0v) is 12.0. The third kappa shape index (κ3) is 2.93. The lowest BCUT2D eigenvalue weighted by atomic mass is 10.1. The van der Waals surface area contributed by atoms with Crippen LogP contribution in [0.15, 0.2) is 39.7 Å². The molecule has 0 unspecified atom stereocenters. The highest BCUT2D eigenvalue weighted by atomic mass is 35.5. The summed E-state index contributed by atoms with van der Waals surface area (Å²) in [5.74, 6) is -0.160. The lowest BCUT2D eigenvalue weighted by Crippen LogP contribution is -2.21. The van der Waals surface area contributed by atoms with Crippen LogP contribution in [0.2, 0.25) is 5.02 Å². The summed E-state index contributed by atoms with van der Waals surface area (Å²) in [4.78, 5) is 11.8. The Bertz CT molecular complexity index is 707. The molecule has 0 N–H and O–H groups in total. The van der Waals surface area contributed by atoms with Gasteiger partial charge in [-0.3, -0.25) is 9.09 Å². The van der Waals surface area contributed by atoms with Gasteiger partial charge in [0.2, 0.25) is 0 Å². The summed E-state index contributed by atoms with van der Waals surface area (Å²) in [5, 5.41) is 4.08. The maximum absolute atomic E-state index is 13.8. The summed E-state index contributed by atoms with van der Waals surface area (Å²) >= 11 is 6.01. The molecule has 4 nitrogen and oxygen atoms in total. The van der Waals surface area contributed by atoms with E-state index in [-0.39, 0.29) is 6.42 Å². The number of halogens is 2. The van der Waals surface area contributed by atoms with Crippen molar-refractivity contribution in [1.29, 1.82) is 0 Å². The number of aromatic nitrogens is 2. The minimum Gasteiger partial charge on any atom is -0.296 e. The highest BCUT2D eigenvalue weighted by Gasteiger charge is 2.19. The van der Waals surface area contributed by atoms with Crippen LogP contribution in [-0.4, -0.2) is 9.72 Å². The van der Waals surface area contributed by atoms with E-state index in [9.17, 15) is 9.18 Å². The van der Waals surface area contributed by atoms with Crippen molar-refractivity contribution in [3.63, 3.8) is 0 Å². The molecule has 0 aliphatic heterocycles. The molecule has 0 saturated heterocycles. The number of benzene rings is 1. The minimum absolute atomic E-state index is 0.136. The molecule has 3 rings (SSSR count). The van der Waals surface area contributed by atoms with Crippen LogP contribution in [0.5, 0.6) is 0 Å². The molecule has 0 radical (unpaired) electrons. The van der Waals surface area contributed by atoms with Crippen LogP contribution in [0.4, 0.5) is 4.39 Å². The Labute approximate surface area is 125 Å². The average Bonchev–Trinajstić information content (AvgIpc) is 3.07. The number of nitrogens with zero attached hydrogens (tertiary/aromatic N) is 2. The summed E-state index contributed by atoms with van der Waals surface area (Å²) in [6.45, 7) is 0.525. The number of hydrogen-bond donors (Lipinski definition) is 0. The zero-order chi connectivity index (χ0) is 14.8. The highest BCUT2D eigenvalue weighted by molar-refractivity contribution is 6.31. The van der Waals surface area contributed by atoms with E-state index in [4.69, 9.17) is 16.1 Å². The smallest absolute Gasteiger partial charge is 0.296 e. The van der Waals surface area contributed by atoms with Gasteiger partial charge < -0.3 is 0 Å². The average molecular weight is 309 g/mol. The molecular formula is C15H14ClFN2O2. The molecule has 0 spiro atoms. The van der Waals surface area contributed by atoms with Gasteiger partial charge in [-0.05, 0) is 30.9 Å². The van der Waals surface area contributed by atoms with Gasteiger partial charge in [0.05, 0.1) is 0 Å². The molecule has 6 heteroatoms. The topological polar surface area (TPSA) is 48.0 Å². The summed E-state index contributed by atoms with van der Waals surface area (Å²) in [7, 11) is 0. The molecule has 1 aliphatic carbocycles. The summed E-state index contributed by atoms with van der Waals surface area (Å²) in [6, 6.07) is 4.50. The van der Waals surface area contributed by atoms with Gasteiger partial charge in [-0.2, -0.15) is 0 Å². The van der Waals surface area contributed by atoms with Crippen molar-refractivity contribution in [3.8, 4) is 0 Å². The van der Waals surface area contributed by atoms with Gasteiger partial charge in [-0.25, -0.2) is 9.18 Å². The summed E-state index contributed by atoms with van der Waals surface area (Å²) < 4.78 is 20.0. The molecule has 1 aliphatic rings. The number of hydrogen-bond acceptors (Lipinski definition) is 3. The number of rotatable bonds is 4. The molecule has 1 heterocycles. The molecule has 0 bridgehead atoms. The maximum Gasteiger partial charge on any atom is 0.441 e. The van der Waals surface area contributed by atoms with Gasteiger partial charge >= 0.3 is 5.76 Å². The third-order valence-corrected chi connectivity index (χ3v) is 4.06. The van der Waals surface area contributed by atoms with Crippen LogP contribution in [0.3, 0.4) is 0 Å². The molecule has 0 atom stereocenters. The van der Waals surface area contributed by atoms with E-state index in [1.165, 1.54) is 10.6 Å². The molecule has 1 aromatic carbocycles. The summed E-state index contributed by atoms with van der Waals surface area (Å²) in [6.07, 6.45) is 6.18. The first kappa shape index (κ1) is 14.1. The fourth-order valence-corrected chi connectivity index (χ4v) is 2.77. The molecule has 0 fully saturated rings. The van der Waals surface area contributed by atoms with Gasteiger partial charge in [0.25, 0.3) is 0 Å². The normalized spacial score (nSPS) is 15.0. The van der Waals surface area contributed by atoms with Crippen molar-refractivity contribution in [2.45, 2.75) is 25.8 Å². The van der Waals surface area contributed by atoms with Crippen LogP contribution in [0, 0.1) is 11.7 Å². The molecule has 1 aromatic heterocycles. The second kappa shape index (κ2) is 5.85. The molecule has 110 valence electrons. The van der Waals surface area contributed by atoms with Crippen LogP contribution >= 0.6 is 11.6 Å². The van der Waals surface area contributed by atoms with E-state index >= 15 is 0 Å². The predicted molar refractivity (Wildman–Crippen MR) is 76.8 cm³/mol. The first-order valence-corrected chi connectivity index (χ1v) is 7.16. The van der Waals surface area contributed by atoms with Crippen LogP contribution < -0.4 is 5.76 Å². The molecule has 0 saturated carbocycles. The Balaban J connectivity index is 1.87. The Kier molecular flexibility index (Phi) is 3.92. The van der Waals surface area contributed by atoms with Gasteiger partial charge in [-0.15, -0.1) is 0 Å². The van der Waals surface area contributed by atoms with E-state index < -0.39 is 11.6 Å². The highest BCUT2D eigenvalue weighted by Crippen LogP contribution is 2.23. The first-order chi connectivity index (χ1) is 10.1. The van der Waals surface area contributed by atoms with Crippen molar-refractivity contribution >= 4 is 11.6 Å². The lowest BCUT2D eigenvalue weighted by Gasteiger charge is -2.11. The van der Waals surface area contributed by atoms with Crippen molar-refractivity contribution in [2.75, 3.05) is 0 Å². The Morgan fingerprint density at radius 1 is 1.38 bits per heavy atom. The largest absolute Gasteiger partial charge is 0.441 e. The monoisotopic (exact) mass is 308 g/mol. The summed E-state index contributed by atoms with van der Waals surface area (Å²) in [5.41, 5.74) is 0.325. The molecule has 2 aromatic rings. The van der Waals surface area contributed by atoms with E-state index in [1.807, 2.05) is 0 Å². The standard InChI is InChI=1S/C15H14ClFN2O2/c16-12-6-3-7-13(17)11(12)8-14-18-21-15(20)19(14)9-10-4-1-2-5-10/h1-3,6-7,10H,4-5,8-9H2. The predicted octanol–water partition coefficient (Wildman–Crippen LogP) is 3.19. The van der Waals surface area contributed by atoms with E-state index in [2.05, 4.69) is 17.3 Å². The maximum atomic E-state index is 13.8. The zero-order valence-electron chi connectivity index (χ0n) is 11.3. The van der Waals surface area contributed by atoms with Crippen molar-refractivity contribution < 1.29 is 8.91 Å². The van der Waals surface area contributed by atoms with E-state index in [0.717, 1.165) is 12.8 Å². The van der Waals surface area contributed by atoms with Crippen LogP contribution in [0.25, 0.3) is 0 Å². The fraction of sp³-hybridized carbons (Fsp3) is 0.333. The Morgan fingerprint density at radius 2 is 2.14 bits per heavy atom.